The highest BCUT2D eigenvalue weighted by Gasteiger charge is 2.03. The minimum Gasteiger partial charge on any atom is -0.369 e. The Bertz CT molecular complexity index is 430. The van der Waals surface area contributed by atoms with Gasteiger partial charge in [-0.05, 0) is 6.92 Å². The van der Waals surface area contributed by atoms with Gasteiger partial charge in [0.1, 0.15) is 0 Å². The van der Waals surface area contributed by atoms with E-state index in [9.17, 15) is 0 Å². The first kappa shape index (κ1) is 13.4. The zero-order valence-electron chi connectivity index (χ0n) is 9.97. The summed E-state index contributed by atoms with van der Waals surface area (Å²) in [5, 5.41) is 10.6. The van der Waals surface area contributed by atoms with E-state index in [-0.39, 0.29) is 5.96 Å². The van der Waals surface area contributed by atoms with Crippen molar-refractivity contribution in [3.8, 4) is 6.19 Å². The highest BCUT2D eigenvalue weighted by molar-refractivity contribution is 7.98. The number of nitriles is 1. The van der Waals surface area contributed by atoms with E-state index in [2.05, 4.69) is 22.2 Å². The molecule has 0 saturated carbocycles. The number of rotatable bonds is 5. The normalized spacial score (nSPS) is 11.2. The number of nitrogens with zero attached hydrogens (tertiary/aromatic N) is 4. The maximum atomic E-state index is 8.28. The lowest BCUT2D eigenvalue weighted by Gasteiger charge is -2.00. The van der Waals surface area contributed by atoms with E-state index < -0.39 is 0 Å². The summed E-state index contributed by atoms with van der Waals surface area (Å²) in [6.45, 7) is 2.65. The van der Waals surface area contributed by atoms with E-state index in [4.69, 9.17) is 11.0 Å². The van der Waals surface area contributed by atoms with Crippen molar-refractivity contribution in [2.24, 2.45) is 17.8 Å². The van der Waals surface area contributed by atoms with E-state index in [1.54, 1.807) is 18.0 Å². The molecule has 1 aromatic rings. The largest absolute Gasteiger partial charge is 0.369 e. The van der Waals surface area contributed by atoms with Crippen LogP contribution >= 0.6 is 11.8 Å². The van der Waals surface area contributed by atoms with Crippen LogP contribution in [0.15, 0.2) is 11.3 Å². The Morgan fingerprint density at radius 2 is 2.53 bits per heavy atom. The van der Waals surface area contributed by atoms with Gasteiger partial charge in [0, 0.05) is 24.2 Å². The maximum absolute atomic E-state index is 8.28. The van der Waals surface area contributed by atoms with Crippen molar-refractivity contribution in [1.82, 2.24) is 14.9 Å². The van der Waals surface area contributed by atoms with Crippen LogP contribution in [0.1, 0.15) is 11.4 Å². The number of hydrogen-bond donors (Lipinski definition) is 2. The van der Waals surface area contributed by atoms with Gasteiger partial charge >= 0.3 is 0 Å². The Morgan fingerprint density at radius 1 is 1.76 bits per heavy atom. The Labute approximate surface area is 105 Å². The molecule has 1 rings (SSSR count). The van der Waals surface area contributed by atoms with E-state index in [0.717, 1.165) is 17.2 Å². The topological polar surface area (TPSA) is 92.0 Å². The SMILES string of the molecule is Cc1c(CSCCN=C(N)NC#N)ncn1C. The zero-order valence-corrected chi connectivity index (χ0v) is 10.8. The lowest BCUT2D eigenvalue weighted by atomic mass is 10.4. The summed E-state index contributed by atoms with van der Waals surface area (Å²) in [6, 6.07) is 0. The Kier molecular flexibility index (Phi) is 5.36. The highest BCUT2D eigenvalue weighted by Crippen LogP contribution is 2.13. The molecule has 1 heterocycles. The smallest absolute Gasteiger partial charge is 0.202 e. The number of hydrogen-bond acceptors (Lipinski definition) is 4. The first-order valence-corrected chi connectivity index (χ1v) is 6.30. The van der Waals surface area contributed by atoms with Gasteiger partial charge in [0.05, 0.1) is 18.6 Å². The first-order chi connectivity index (χ1) is 8.15. The predicted octanol–water partition coefficient (Wildman–Crippen LogP) is 0.347. The molecular weight excluding hydrogens is 236 g/mol. The second-order valence-corrected chi connectivity index (χ2v) is 4.55. The Balaban J connectivity index is 2.23. The van der Waals surface area contributed by atoms with Gasteiger partial charge < -0.3 is 10.3 Å². The van der Waals surface area contributed by atoms with Crippen LogP contribution in [0.5, 0.6) is 0 Å². The summed E-state index contributed by atoms with van der Waals surface area (Å²) < 4.78 is 2.00. The van der Waals surface area contributed by atoms with Crippen molar-refractivity contribution in [1.29, 1.82) is 5.26 Å². The summed E-state index contributed by atoms with van der Waals surface area (Å²) in [5.74, 6) is 1.89. The van der Waals surface area contributed by atoms with E-state index in [0.29, 0.717) is 6.54 Å². The van der Waals surface area contributed by atoms with Crippen molar-refractivity contribution >= 4 is 17.7 Å². The van der Waals surface area contributed by atoms with Crippen LogP contribution in [-0.2, 0) is 12.8 Å². The van der Waals surface area contributed by atoms with Gasteiger partial charge in [-0.3, -0.25) is 10.3 Å². The average molecular weight is 252 g/mol. The predicted molar refractivity (Wildman–Crippen MR) is 69.3 cm³/mol. The molecule has 7 heteroatoms. The summed E-state index contributed by atoms with van der Waals surface area (Å²) in [7, 11) is 1.98. The minimum absolute atomic E-state index is 0.169. The molecule has 6 nitrogen and oxygen atoms in total. The Hall–Kier alpha value is -1.68. The summed E-state index contributed by atoms with van der Waals surface area (Å²) in [6.07, 6.45) is 3.54. The van der Waals surface area contributed by atoms with E-state index in [1.807, 2.05) is 17.9 Å². The van der Waals surface area contributed by atoms with Crippen molar-refractivity contribution < 1.29 is 0 Å². The molecule has 92 valence electrons. The van der Waals surface area contributed by atoms with Crippen molar-refractivity contribution in [2.75, 3.05) is 12.3 Å². The van der Waals surface area contributed by atoms with Gasteiger partial charge in [-0.15, -0.1) is 0 Å². The number of aryl methyl sites for hydroxylation is 1. The maximum Gasteiger partial charge on any atom is 0.202 e. The van der Waals surface area contributed by atoms with Gasteiger partial charge in [0.2, 0.25) is 5.96 Å². The molecule has 17 heavy (non-hydrogen) atoms. The molecular formula is C10H16N6S. The number of aliphatic imine (C=N–C) groups is 1. The average Bonchev–Trinajstić information content (AvgIpc) is 2.60. The molecule has 0 radical (unpaired) electrons. The van der Waals surface area contributed by atoms with E-state index >= 15 is 0 Å². The van der Waals surface area contributed by atoms with Crippen LogP contribution in [0.25, 0.3) is 0 Å². The second kappa shape index (κ2) is 6.81. The minimum atomic E-state index is 0.169. The molecule has 1 aromatic heterocycles. The number of nitrogens with one attached hydrogen (secondary N) is 1. The summed E-state index contributed by atoms with van der Waals surface area (Å²) >= 11 is 1.74. The Morgan fingerprint density at radius 3 is 3.12 bits per heavy atom. The molecule has 0 aliphatic carbocycles. The number of aromatic nitrogens is 2. The lowest BCUT2D eigenvalue weighted by Crippen LogP contribution is -2.27. The fraction of sp³-hybridized carbons (Fsp3) is 0.500. The fourth-order valence-corrected chi connectivity index (χ4v) is 2.02. The third kappa shape index (κ3) is 4.36. The summed E-state index contributed by atoms with van der Waals surface area (Å²) in [4.78, 5) is 8.29. The molecule has 0 saturated heterocycles. The van der Waals surface area contributed by atoms with Crippen LogP contribution < -0.4 is 11.1 Å². The number of guanidine groups is 1. The molecule has 0 amide bonds. The van der Waals surface area contributed by atoms with Gasteiger partial charge in [-0.25, -0.2) is 4.98 Å². The van der Waals surface area contributed by atoms with E-state index in [1.165, 1.54) is 5.69 Å². The van der Waals surface area contributed by atoms with Crippen molar-refractivity contribution in [3.05, 3.63) is 17.7 Å². The van der Waals surface area contributed by atoms with Crippen LogP contribution in [0.4, 0.5) is 0 Å². The van der Waals surface area contributed by atoms with Gasteiger partial charge in [0.15, 0.2) is 6.19 Å². The monoisotopic (exact) mass is 252 g/mol. The van der Waals surface area contributed by atoms with Crippen LogP contribution in [0.2, 0.25) is 0 Å². The standard InChI is InChI=1S/C10H16N6S/c1-8-9(15-7-16(8)2)5-17-4-3-13-10(12)14-6-11/h7H,3-5H2,1-2H3,(H3,12,13,14). The van der Waals surface area contributed by atoms with Crippen LogP contribution in [0, 0.1) is 18.4 Å². The molecule has 0 fully saturated rings. The number of imidazole rings is 1. The van der Waals surface area contributed by atoms with Gasteiger partial charge in [-0.2, -0.15) is 17.0 Å². The molecule has 0 bridgehead atoms. The highest BCUT2D eigenvalue weighted by atomic mass is 32.2. The van der Waals surface area contributed by atoms with Gasteiger partial charge in [-0.1, -0.05) is 0 Å². The van der Waals surface area contributed by atoms with Gasteiger partial charge in [0.25, 0.3) is 0 Å². The zero-order chi connectivity index (χ0) is 12.7. The third-order valence-electron chi connectivity index (χ3n) is 2.27. The van der Waals surface area contributed by atoms with Crippen LogP contribution in [0.3, 0.4) is 0 Å². The molecule has 0 atom stereocenters. The number of thioether (sulfide) groups is 1. The quantitative estimate of drug-likeness (QED) is 0.259. The molecule has 0 aromatic carbocycles. The lowest BCUT2D eigenvalue weighted by molar-refractivity contribution is 0.871. The molecule has 3 N–H and O–H groups in total. The first-order valence-electron chi connectivity index (χ1n) is 5.14. The summed E-state index contributed by atoms with van der Waals surface area (Å²) in [5.41, 5.74) is 7.68. The molecule has 0 unspecified atom stereocenters. The third-order valence-corrected chi connectivity index (χ3v) is 3.22. The van der Waals surface area contributed by atoms with Crippen molar-refractivity contribution in [2.45, 2.75) is 12.7 Å². The number of nitrogens with two attached hydrogens (primary N) is 1. The van der Waals surface area contributed by atoms with Crippen molar-refractivity contribution in [3.63, 3.8) is 0 Å². The molecule has 0 aliphatic rings. The molecule has 0 aliphatic heterocycles. The fourth-order valence-electron chi connectivity index (χ4n) is 1.18. The second-order valence-electron chi connectivity index (χ2n) is 3.44. The molecule has 0 spiro atoms. The van der Waals surface area contributed by atoms with Crippen LogP contribution in [-0.4, -0.2) is 27.8 Å².